The minimum Gasteiger partial charge on any atom is -0.284 e. The highest BCUT2D eigenvalue weighted by Gasteiger charge is 2.17. The largest absolute Gasteiger partial charge is 0.284 e. The highest BCUT2D eigenvalue weighted by atomic mass is 16.1. The summed E-state index contributed by atoms with van der Waals surface area (Å²) in [4.78, 5) is 22.3. The molecular weight excluding hydrogens is 362 g/mol. The average molecular weight is 381 g/mol. The zero-order chi connectivity index (χ0) is 20.0. The molecule has 0 bridgehead atoms. The van der Waals surface area contributed by atoms with Gasteiger partial charge in [0.1, 0.15) is 6.33 Å². The lowest BCUT2D eigenvalue weighted by Gasteiger charge is -2.12. The van der Waals surface area contributed by atoms with Crippen LogP contribution in [-0.4, -0.2) is 24.1 Å². The molecule has 0 aliphatic rings. The first-order chi connectivity index (χ1) is 14.1. The van der Waals surface area contributed by atoms with Gasteiger partial charge in [-0.2, -0.15) is 14.6 Å². The van der Waals surface area contributed by atoms with Gasteiger partial charge >= 0.3 is 0 Å². The molecule has 0 spiro atoms. The Morgan fingerprint density at radius 3 is 2.41 bits per heavy atom. The molecule has 0 fully saturated rings. The number of benzene rings is 2. The van der Waals surface area contributed by atoms with Crippen LogP contribution in [0.25, 0.3) is 33.6 Å². The third-order valence-corrected chi connectivity index (χ3v) is 5.15. The van der Waals surface area contributed by atoms with Gasteiger partial charge in [0, 0.05) is 17.4 Å². The number of pyridine rings is 1. The van der Waals surface area contributed by atoms with Crippen molar-refractivity contribution in [3.63, 3.8) is 0 Å². The second kappa shape index (κ2) is 6.67. The first-order valence-corrected chi connectivity index (χ1v) is 9.54. The molecule has 6 heteroatoms. The maximum absolute atomic E-state index is 13.6. The lowest BCUT2D eigenvalue weighted by Crippen LogP contribution is -2.20. The van der Waals surface area contributed by atoms with Crippen LogP contribution in [0.15, 0.2) is 78.0 Å². The predicted octanol–water partition coefficient (Wildman–Crippen LogP) is 4.22. The van der Waals surface area contributed by atoms with E-state index < -0.39 is 0 Å². The van der Waals surface area contributed by atoms with E-state index in [-0.39, 0.29) is 5.56 Å². The molecule has 0 amide bonds. The fraction of sp³-hybridized carbons (Fsp3) is 0.130. The maximum atomic E-state index is 13.6. The minimum absolute atomic E-state index is 0.136. The lowest BCUT2D eigenvalue weighted by atomic mass is 10.0. The van der Waals surface area contributed by atoms with Crippen molar-refractivity contribution in [2.45, 2.75) is 19.8 Å². The van der Waals surface area contributed by atoms with Crippen LogP contribution in [0.2, 0.25) is 0 Å². The van der Waals surface area contributed by atoms with Gasteiger partial charge in [-0.15, -0.1) is 0 Å². The standard InChI is InChI=1S/C23H19N5O/c1-15(2)16-8-10-18(11-9-16)27-13-12-19-20(22(27)29)21(17-6-4-3-5-7-17)28-23(26-19)24-14-25-28/h3-15H,1-2H3. The van der Waals surface area contributed by atoms with Gasteiger partial charge in [0.2, 0.25) is 0 Å². The third kappa shape index (κ3) is 2.81. The molecule has 6 nitrogen and oxygen atoms in total. The summed E-state index contributed by atoms with van der Waals surface area (Å²) in [6.07, 6.45) is 3.22. The summed E-state index contributed by atoms with van der Waals surface area (Å²) in [7, 11) is 0. The zero-order valence-corrected chi connectivity index (χ0v) is 16.1. The summed E-state index contributed by atoms with van der Waals surface area (Å²) >= 11 is 0. The van der Waals surface area contributed by atoms with Crippen molar-refractivity contribution in [3.05, 3.63) is 89.1 Å². The van der Waals surface area contributed by atoms with Crippen molar-refractivity contribution in [2.75, 3.05) is 0 Å². The molecule has 5 rings (SSSR count). The van der Waals surface area contributed by atoms with Gasteiger partial charge in [0.15, 0.2) is 0 Å². The van der Waals surface area contributed by atoms with Crippen molar-refractivity contribution in [1.82, 2.24) is 24.1 Å². The molecule has 0 N–H and O–H groups in total. The van der Waals surface area contributed by atoms with Crippen LogP contribution in [0, 0.1) is 0 Å². The van der Waals surface area contributed by atoms with E-state index in [4.69, 9.17) is 0 Å². The third-order valence-electron chi connectivity index (χ3n) is 5.15. The molecule has 0 aliphatic carbocycles. The Balaban J connectivity index is 1.83. The van der Waals surface area contributed by atoms with Gasteiger partial charge in [0.05, 0.1) is 16.6 Å². The lowest BCUT2D eigenvalue weighted by molar-refractivity contribution is 0.864. The quantitative estimate of drug-likeness (QED) is 0.469. The van der Waals surface area contributed by atoms with Crippen LogP contribution in [0.5, 0.6) is 0 Å². The predicted molar refractivity (Wildman–Crippen MR) is 113 cm³/mol. The first-order valence-electron chi connectivity index (χ1n) is 9.54. The van der Waals surface area contributed by atoms with Crippen LogP contribution in [-0.2, 0) is 0 Å². The Bertz CT molecular complexity index is 1380. The molecule has 142 valence electrons. The number of hydrogen-bond donors (Lipinski definition) is 0. The Labute approximate surface area is 167 Å². The van der Waals surface area contributed by atoms with E-state index in [1.54, 1.807) is 15.3 Å². The van der Waals surface area contributed by atoms with Crippen LogP contribution >= 0.6 is 0 Å². The summed E-state index contributed by atoms with van der Waals surface area (Å²) in [6.45, 7) is 4.30. The summed E-state index contributed by atoms with van der Waals surface area (Å²) in [6, 6.07) is 19.7. The van der Waals surface area contributed by atoms with Gasteiger partial charge in [0.25, 0.3) is 11.3 Å². The summed E-state index contributed by atoms with van der Waals surface area (Å²) in [5.41, 5.74) is 4.10. The van der Waals surface area contributed by atoms with Crippen LogP contribution in [0.1, 0.15) is 25.3 Å². The topological polar surface area (TPSA) is 65.1 Å². The SMILES string of the molecule is CC(C)c1ccc(-n2ccc3nc4ncnn4c(-c4ccccc4)c3c2=O)cc1. The molecule has 0 saturated heterocycles. The summed E-state index contributed by atoms with van der Waals surface area (Å²) in [5.74, 6) is 0.904. The van der Waals surface area contributed by atoms with E-state index >= 15 is 0 Å². The molecule has 3 aromatic heterocycles. The number of hydrogen-bond acceptors (Lipinski definition) is 4. The Hall–Kier alpha value is -3.80. The second-order valence-electron chi connectivity index (χ2n) is 7.30. The first kappa shape index (κ1) is 17.3. The normalized spacial score (nSPS) is 11.6. The fourth-order valence-corrected chi connectivity index (χ4v) is 3.61. The van der Waals surface area contributed by atoms with Crippen LogP contribution in [0.4, 0.5) is 0 Å². The van der Waals surface area contributed by atoms with Crippen molar-refractivity contribution in [3.8, 4) is 16.9 Å². The molecule has 0 unspecified atom stereocenters. The van der Waals surface area contributed by atoms with E-state index in [1.807, 2.05) is 48.5 Å². The molecule has 5 aromatic rings. The highest BCUT2D eigenvalue weighted by Crippen LogP contribution is 2.26. The number of rotatable bonds is 3. The molecule has 3 heterocycles. The Morgan fingerprint density at radius 1 is 0.931 bits per heavy atom. The van der Waals surface area contributed by atoms with Crippen molar-refractivity contribution in [2.24, 2.45) is 0 Å². The van der Waals surface area contributed by atoms with E-state index in [0.717, 1.165) is 11.3 Å². The Morgan fingerprint density at radius 2 is 1.69 bits per heavy atom. The molecule has 0 aliphatic heterocycles. The maximum Gasteiger partial charge on any atom is 0.266 e. The van der Waals surface area contributed by atoms with E-state index in [2.05, 4.69) is 41.0 Å². The Kier molecular flexibility index (Phi) is 3.98. The molecule has 2 aromatic carbocycles. The smallest absolute Gasteiger partial charge is 0.266 e. The molecule has 0 atom stereocenters. The molecule has 0 saturated carbocycles. The van der Waals surface area contributed by atoms with Crippen molar-refractivity contribution >= 4 is 16.7 Å². The molecule has 29 heavy (non-hydrogen) atoms. The van der Waals surface area contributed by atoms with Crippen LogP contribution < -0.4 is 5.56 Å². The van der Waals surface area contributed by atoms with Gasteiger partial charge in [-0.3, -0.25) is 9.36 Å². The summed E-state index contributed by atoms with van der Waals surface area (Å²) < 4.78 is 3.29. The van der Waals surface area contributed by atoms with Crippen LogP contribution in [0.3, 0.4) is 0 Å². The molecular formula is C23H19N5O. The number of nitrogens with zero attached hydrogens (tertiary/aromatic N) is 5. The zero-order valence-electron chi connectivity index (χ0n) is 16.1. The fourth-order valence-electron chi connectivity index (χ4n) is 3.61. The second-order valence-corrected chi connectivity index (χ2v) is 7.30. The average Bonchev–Trinajstić information content (AvgIpc) is 3.21. The van der Waals surface area contributed by atoms with Crippen molar-refractivity contribution in [1.29, 1.82) is 0 Å². The highest BCUT2D eigenvalue weighted by molar-refractivity contribution is 5.93. The van der Waals surface area contributed by atoms with E-state index in [9.17, 15) is 4.79 Å². The number of aromatic nitrogens is 5. The summed E-state index contributed by atoms with van der Waals surface area (Å²) in [5, 5.41) is 4.83. The van der Waals surface area contributed by atoms with Gasteiger partial charge < -0.3 is 0 Å². The van der Waals surface area contributed by atoms with Crippen molar-refractivity contribution < 1.29 is 0 Å². The number of fused-ring (bicyclic) bond motifs is 2. The minimum atomic E-state index is -0.136. The van der Waals surface area contributed by atoms with Gasteiger partial charge in [-0.1, -0.05) is 56.3 Å². The van der Waals surface area contributed by atoms with E-state index in [0.29, 0.717) is 28.3 Å². The molecule has 0 radical (unpaired) electrons. The van der Waals surface area contributed by atoms with E-state index in [1.165, 1.54) is 11.9 Å². The van der Waals surface area contributed by atoms with Gasteiger partial charge in [-0.05, 0) is 29.7 Å². The van der Waals surface area contributed by atoms with Gasteiger partial charge in [-0.25, -0.2) is 4.98 Å². The monoisotopic (exact) mass is 381 g/mol.